The second-order valence-electron chi connectivity index (χ2n) is 5.65. The van der Waals surface area contributed by atoms with Crippen molar-refractivity contribution in [3.63, 3.8) is 0 Å². The fraction of sp³-hybridized carbons (Fsp3) is 0.167. The van der Waals surface area contributed by atoms with Gasteiger partial charge in [0, 0.05) is 39.9 Å². The van der Waals surface area contributed by atoms with Gasteiger partial charge in [0.25, 0.3) is 5.09 Å². The lowest BCUT2D eigenvalue weighted by molar-refractivity contribution is -0.742. The van der Waals surface area contributed by atoms with E-state index in [-0.39, 0.29) is 5.92 Å². The Hall–Kier alpha value is -2.28. The molecule has 6 nitrogen and oxygen atoms in total. The first-order chi connectivity index (χ1) is 12.9. The molecule has 142 valence electrons. The summed E-state index contributed by atoms with van der Waals surface area (Å²) >= 11 is 18.7. The molecule has 0 spiro atoms. The Morgan fingerprint density at radius 2 is 1.70 bits per heavy atom. The van der Waals surface area contributed by atoms with Gasteiger partial charge in [-0.1, -0.05) is 53.0 Å². The van der Waals surface area contributed by atoms with Crippen molar-refractivity contribution in [1.82, 2.24) is 9.55 Å². The summed E-state index contributed by atoms with van der Waals surface area (Å²) in [5, 5.41) is 15.8. The quantitative estimate of drug-likeness (QED) is 0.428. The van der Waals surface area contributed by atoms with Crippen LogP contribution >= 0.6 is 34.8 Å². The fourth-order valence-electron chi connectivity index (χ4n) is 2.65. The molecule has 0 saturated carbocycles. The molecule has 0 radical (unpaired) electrons. The van der Waals surface area contributed by atoms with E-state index in [1.54, 1.807) is 6.20 Å². The van der Waals surface area contributed by atoms with Crippen LogP contribution in [0.2, 0.25) is 15.1 Å². The molecule has 1 heterocycles. The maximum Gasteiger partial charge on any atom is 0.291 e. The predicted octanol–water partition coefficient (Wildman–Crippen LogP) is 5.52. The minimum atomic E-state index is -1.50. The van der Waals surface area contributed by atoms with Gasteiger partial charge in [-0.15, -0.1) is 10.1 Å². The Morgan fingerprint density at radius 1 is 1.11 bits per heavy atom. The molecule has 2 aromatic carbocycles. The third-order valence-corrected chi connectivity index (χ3v) is 4.80. The highest BCUT2D eigenvalue weighted by Crippen LogP contribution is 2.31. The summed E-state index contributed by atoms with van der Waals surface area (Å²) in [6.07, 6.45) is 6.30. The topological polar surface area (TPSA) is 81.2 Å². The molecule has 0 aliphatic rings. The van der Waals surface area contributed by atoms with Crippen molar-refractivity contribution in [2.24, 2.45) is 0 Å². The molecule has 0 saturated heterocycles. The fourth-order valence-corrected chi connectivity index (χ4v) is 3.32. The molecule has 3 rings (SSSR count). The van der Waals surface area contributed by atoms with Gasteiger partial charge in [0.05, 0.1) is 6.33 Å². The van der Waals surface area contributed by atoms with Gasteiger partial charge in [-0.05, 0) is 41.8 Å². The minimum absolute atomic E-state index is 0.221. The number of hydrogen-bond donors (Lipinski definition) is 1. The van der Waals surface area contributed by atoms with Gasteiger partial charge in [-0.2, -0.15) is 0 Å². The molecule has 27 heavy (non-hydrogen) atoms. The molecule has 1 atom stereocenters. The number of imidazole rings is 1. The second-order valence-corrected chi connectivity index (χ2v) is 6.90. The van der Waals surface area contributed by atoms with Crippen LogP contribution < -0.4 is 0 Å². The largest absolute Gasteiger partial charge is 0.337 e. The van der Waals surface area contributed by atoms with E-state index in [0.29, 0.717) is 10.0 Å². The first-order valence-corrected chi connectivity index (χ1v) is 8.97. The molecule has 0 aliphatic carbocycles. The summed E-state index contributed by atoms with van der Waals surface area (Å²) in [5.41, 5.74) is 2.16. The lowest BCUT2D eigenvalue weighted by Crippen LogP contribution is -2.11. The van der Waals surface area contributed by atoms with Gasteiger partial charge in [-0.3, -0.25) is 0 Å². The third kappa shape index (κ3) is 6.75. The van der Waals surface area contributed by atoms with Crippen LogP contribution in [0.15, 0.2) is 61.2 Å². The van der Waals surface area contributed by atoms with Crippen molar-refractivity contribution in [1.29, 1.82) is 0 Å². The number of nitrogens with zero attached hydrogens (tertiary/aromatic N) is 3. The summed E-state index contributed by atoms with van der Waals surface area (Å²) in [4.78, 5) is 12.5. The molecule has 0 fully saturated rings. The van der Waals surface area contributed by atoms with Crippen molar-refractivity contribution in [2.75, 3.05) is 0 Å². The average Bonchev–Trinajstić information content (AvgIpc) is 3.11. The van der Waals surface area contributed by atoms with E-state index in [9.17, 15) is 0 Å². The van der Waals surface area contributed by atoms with Crippen molar-refractivity contribution in [3.05, 3.63) is 97.5 Å². The first kappa shape index (κ1) is 21.0. The van der Waals surface area contributed by atoms with E-state index >= 15 is 0 Å². The van der Waals surface area contributed by atoms with Crippen LogP contribution in [-0.4, -0.2) is 19.8 Å². The normalized spacial score (nSPS) is 11.4. The van der Waals surface area contributed by atoms with Crippen molar-refractivity contribution in [2.45, 2.75) is 18.9 Å². The average molecular weight is 429 g/mol. The summed E-state index contributed by atoms with van der Waals surface area (Å²) in [7, 11) is 0. The maximum atomic E-state index is 8.36. The first-order valence-electron chi connectivity index (χ1n) is 7.84. The van der Waals surface area contributed by atoms with Crippen molar-refractivity contribution < 1.29 is 10.3 Å². The van der Waals surface area contributed by atoms with Crippen LogP contribution in [0.1, 0.15) is 17.0 Å². The van der Waals surface area contributed by atoms with Crippen LogP contribution in [0, 0.1) is 10.1 Å². The van der Waals surface area contributed by atoms with Crippen LogP contribution in [0.25, 0.3) is 0 Å². The smallest absolute Gasteiger partial charge is 0.291 e. The van der Waals surface area contributed by atoms with Crippen LogP contribution in [0.4, 0.5) is 0 Å². The highest BCUT2D eigenvalue weighted by molar-refractivity contribution is 6.36. The summed E-state index contributed by atoms with van der Waals surface area (Å²) in [5.74, 6) is 0.221. The van der Waals surface area contributed by atoms with Gasteiger partial charge in [-0.25, -0.2) is 4.98 Å². The number of halogens is 3. The highest BCUT2D eigenvalue weighted by Gasteiger charge is 2.17. The molecule has 0 bridgehead atoms. The van der Waals surface area contributed by atoms with Crippen molar-refractivity contribution in [3.8, 4) is 0 Å². The molecule has 1 N–H and O–H groups in total. The summed E-state index contributed by atoms with van der Waals surface area (Å²) < 4.78 is 2.06. The Balaban J connectivity index is 0.000000596. The van der Waals surface area contributed by atoms with Gasteiger partial charge in [0.1, 0.15) is 0 Å². The minimum Gasteiger partial charge on any atom is -0.337 e. The van der Waals surface area contributed by atoms with E-state index in [2.05, 4.69) is 21.7 Å². The van der Waals surface area contributed by atoms with E-state index in [0.717, 1.165) is 23.6 Å². The molecular weight excluding hydrogens is 413 g/mol. The SMILES string of the molecule is Clc1ccc(C(Cc2c(Cl)cccc2Cl)Cn2ccnc2)cc1.O=[N+]([O-])O. The number of rotatable bonds is 5. The van der Waals surface area contributed by atoms with Crippen LogP contribution in [0.5, 0.6) is 0 Å². The number of aromatic nitrogens is 2. The lowest BCUT2D eigenvalue weighted by Gasteiger charge is -2.20. The lowest BCUT2D eigenvalue weighted by atomic mass is 9.91. The van der Waals surface area contributed by atoms with Gasteiger partial charge < -0.3 is 9.77 Å². The monoisotopic (exact) mass is 427 g/mol. The van der Waals surface area contributed by atoms with Gasteiger partial charge >= 0.3 is 0 Å². The van der Waals surface area contributed by atoms with E-state index in [1.807, 2.05) is 42.9 Å². The summed E-state index contributed by atoms with van der Waals surface area (Å²) in [6.45, 7) is 0.795. The van der Waals surface area contributed by atoms with Gasteiger partial charge in [0.2, 0.25) is 0 Å². The van der Waals surface area contributed by atoms with Crippen molar-refractivity contribution >= 4 is 34.8 Å². The molecule has 9 heteroatoms. The van der Waals surface area contributed by atoms with Gasteiger partial charge in [0.15, 0.2) is 0 Å². The standard InChI is InChI=1S/C18H15Cl3N2.HNO3/c19-15-6-4-13(5-7-15)14(11-23-9-8-22-12-23)10-16-17(20)2-1-3-18(16)21;2-1(3)4/h1-9,12,14H,10-11H2;(H,2,3,4). The van der Waals surface area contributed by atoms with Crippen LogP contribution in [0.3, 0.4) is 0 Å². The Kier molecular flexibility index (Phi) is 7.91. The summed E-state index contributed by atoms with van der Waals surface area (Å²) in [6, 6.07) is 13.5. The molecule has 3 aromatic rings. The zero-order valence-electron chi connectivity index (χ0n) is 14.0. The third-order valence-electron chi connectivity index (χ3n) is 3.84. The van der Waals surface area contributed by atoms with E-state index in [4.69, 9.17) is 50.1 Å². The van der Waals surface area contributed by atoms with E-state index < -0.39 is 5.09 Å². The zero-order valence-corrected chi connectivity index (χ0v) is 16.3. The molecule has 0 aliphatic heterocycles. The Bertz CT molecular complexity index is 847. The Morgan fingerprint density at radius 3 is 2.22 bits per heavy atom. The maximum absolute atomic E-state index is 8.36. The highest BCUT2D eigenvalue weighted by atomic mass is 35.5. The number of benzene rings is 2. The Labute approximate surface area is 171 Å². The number of hydrogen-bond acceptors (Lipinski definition) is 3. The van der Waals surface area contributed by atoms with Crippen LogP contribution in [-0.2, 0) is 13.0 Å². The predicted molar refractivity (Wildman–Crippen MR) is 105 cm³/mol. The molecule has 1 aromatic heterocycles. The molecule has 1 unspecified atom stereocenters. The molecular formula is C18H16Cl3N3O3. The zero-order chi connectivity index (χ0) is 19.8. The van der Waals surface area contributed by atoms with E-state index in [1.165, 1.54) is 5.56 Å². The molecule has 0 amide bonds. The second kappa shape index (κ2) is 10.2.